The van der Waals surface area contributed by atoms with Crippen LogP contribution in [0.1, 0.15) is 11.1 Å². The molecule has 0 spiro atoms. The lowest BCUT2D eigenvalue weighted by atomic mass is 10.0. The van der Waals surface area contributed by atoms with Crippen molar-refractivity contribution in [3.05, 3.63) is 58.6 Å². The minimum Gasteiger partial charge on any atom is -0.326 e. The van der Waals surface area contributed by atoms with Gasteiger partial charge in [-0.15, -0.1) is 0 Å². The minimum atomic E-state index is -4.32. The molecule has 2 aromatic rings. The minimum absolute atomic E-state index is 0.326. The summed E-state index contributed by atoms with van der Waals surface area (Å²) in [5, 5.41) is 0.514. The molecule has 0 unspecified atom stereocenters. The van der Waals surface area contributed by atoms with Gasteiger partial charge in [0.25, 0.3) is 0 Å². The molecule has 0 saturated heterocycles. The fraction of sp³-hybridized carbons (Fsp3) is 0.143. The van der Waals surface area contributed by atoms with Crippen molar-refractivity contribution in [3.63, 3.8) is 0 Å². The maximum atomic E-state index is 12.4. The van der Waals surface area contributed by atoms with E-state index >= 15 is 0 Å². The Kier molecular flexibility index (Phi) is 3.83. The summed E-state index contributed by atoms with van der Waals surface area (Å²) in [6, 6.07) is 10.2. The molecule has 2 aromatic carbocycles. The van der Waals surface area contributed by atoms with Crippen molar-refractivity contribution in [2.24, 2.45) is 5.73 Å². The summed E-state index contributed by atoms with van der Waals surface area (Å²) in [4.78, 5) is 0. The lowest BCUT2D eigenvalue weighted by Gasteiger charge is -2.09. The molecule has 0 fully saturated rings. The van der Waals surface area contributed by atoms with E-state index in [-0.39, 0.29) is 0 Å². The Balaban J connectivity index is 2.35. The third-order valence-electron chi connectivity index (χ3n) is 2.82. The van der Waals surface area contributed by atoms with Gasteiger partial charge in [-0.3, -0.25) is 0 Å². The zero-order chi connectivity index (χ0) is 14.0. The number of nitrogens with two attached hydrogens (primary N) is 1. The molecule has 0 aromatic heterocycles. The average Bonchev–Trinajstić information content (AvgIpc) is 2.38. The Hall–Kier alpha value is -1.52. The van der Waals surface area contributed by atoms with Crippen LogP contribution in [-0.4, -0.2) is 0 Å². The first-order chi connectivity index (χ1) is 8.91. The topological polar surface area (TPSA) is 26.0 Å². The first-order valence-corrected chi connectivity index (χ1v) is 5.96. The summed E-state index contributed by atoms with van der Waals surface area (Å²) < 4.78 is 37.3. The first kappa shape index (κ1) is 13.9. The third-order valence-corrected chi connectivity index (χ3v) is 3.17. The van der Waals surface area contributed by atoms with E-state index in [1.165, 1.54) is 12.1 Å². The molecule has 100 valence electrons. The molecule has 0 heterocycles. The summed E-state index contributed by atoms with van der Waals surface area (Å²) in [5.74, 6) is 0. The molecule has 0 aliphatic carbocycles. The predicted octanol–water partition coefficient (Wildman–Crippen LogP) is 4.48. The number of benzene rings is 2. The van der Waals surface area contributed by atoms with Crippen LogP contribution in [0, 0.1) is 0 Å². The maximum absolute atomic E-state index is 12.4. The predicted molar refractivity (Wildman–Crippen MR) is 69.8 cm³/mol. The monoisotopic (exact) mass is 285 g/mol. The second-order valence-corrected chi connectivity index (χ2v) is 4.49. The van der Waals surface area contributed by atoms with Gasteiger partial charge in [-0.05, 0) is 34.9 Å². The Bertz CT molecular complexity index is 576. The molecule has 0 atom stereocenters. The Morgan fingerprint density at radius 2 is 1.53 bits per heavy atom. The average molecular weight is 286 g/mol. The van der Waals surface area contributed by atoms with Crippen LogP contribution >= 0.6 is 11.6 Å². The molecular formula is C14H11ClF3N. The quantitative estimate of drug-likeness (QED) is 0.865. The number of alkyl halides is 3. The van der Waals surface area contributed by atoms with E-state index in [9.17, 15) is 13.2 Å². The third kappa shape index (κ3) is 3.08. The van der Waals surface area contributed by atoms with E-state index in [1.54, 1.807) is 18.2 Å². The highest BCUT2D eigenvalue weighted by atomic mass is 35.5. The van der Waals surface area contributed by atoms with Gasteiger partial charge in [0.15, 0.2) is 0 Å². The Morgan fingerprint density at radius 1 is 0.947 bits per heavy atom. The zero-order valence-electron chi connectivity index (χ0n) is 9.84. The van der Waals surface area contributed by atoms with E-state index in [2.05, 4.69) is 0 Å². The van der Waals surface area contributed by atoms with E-state index in [4.69, 9.17) is 17.3 Å². The fourth-order valence-corrected chi connectivity index (χ4v) is 2.00. The maximum Gasteiger partial charge on any atom is 0.416 e. The highest BCUT2D eigenvalue weighted by Gasteiger charge is 2.29. The number of hydrogen-bond donors (Lipinski definition) is 1. The number of hydrogen-bond acceptors (Lipinski definition) is 1. The molecule has 0 aliphatic rings. The van der Waals surface area contributed by atoms with Gasteiger partial charge in [-0.1, -0.05) is 35.9 Å². The molecule has 2 N–H and O–H groups in total. The highest BCUT2D eigenvalue weighted by molar-refractivity contribution is 6.31. The van der Waals surface area contributed by atoms with Gasteiger partial charge in [0.1, 0.15) is 0 Å². The Labute approximate surface area is 113 Å². The zero-order valence-corrected chi connectivity index (χ0v) is 10.6. The summed E-state index contributed by atoms with van der Waals surface area (Å²) in [5.41, 5.74) is 7.07. The smallest absolute Gasteiger partial charge is 0.326 e. The second-order valence-electron chi connectivity index (χ2n) is 4.09. The second kappa shape index (κ2) is 5.23. The lowest BCUT2D eigenvalue weighted by molar-refractivity contribution is -0.137. The van der Waals surface area contributed by atoms with E-state index in [0.29, 0.717) is 17.1 Å². The molecule has 19 heavy (non-hydrogen) atoms. The van der Waals surface area contributed by atoms with Crippen molar-refractivity contribution in [2.75, 3.05) is 0 Å². The molecule has 0 bridgehead atoms. The fourth-order valence-electron chi connectivity index (χ4n) is 1.74. The SMILES string of the molecule is NCc1ccc(-c2ccc(C(F)(F)F)cc2)cc1Cl. The van der Waals surface area contributed by atoms with Crippen molar-refractivity contribution in [2.45, 2.75) is 12.7 Å². The summed E-state index contributed by atoms with van der Waals surface area (Å²) >= 11 is 6.02. The van der Waals surface area contributed by atoms with E-state index < -0.39 is 11.7 Å². The van der Waals surface area contributed by atoms with Crippen molar-refractivity contribution >= 4 is 11.6 Å². The highest BCUT2D eigenvalue weighted by Crippen LogP contribution is 2.31. The van der Waals surface area contributed by atoms with Crippen LogP contribution in [0.4, 0.5) is 13.2 Å². The van der Waals surface area contributed by atoms with Gasteiger partial charge >= 0.3 is 6.18 Å². The molecule has 0 radical (unpaired) electrons. The van der Waals surface area contributed by atoms with Gasteiger partial charge in [0.2, 0.25) is 0 Å². The summed E-state index contributed by atoms with van der Waals surface area (Å²) in [6.45, 7) is 0.326. The van der Waals surface area contributed by atoms with E-state index in [1.807, 2.05) is 0 Å². The van der Waals surface area contributed by atoms with Gasteiger partial charge in [0.05, 0.1) is 5.56 Å². The van der Waals surface area contributed by atoms with Crippen LogP contribution in [0.3, 0.4) is 0 Å². The number of halogens is 4. The molecule has 0 aliphatic heterocycles. The van der Waals surface area contributed by atoms with Crippen LogP contribution in [0.25, 0.3) is 11.1 Å². The van der Waals surface area contributed by atoms with E-state index in [0.717, 1.165) is 23.3 Å². The van der Waals surface area contributed by atoms with Crippen LogP contribution in [0.15, 0.2) is 42.5 Å². The van der Waals surface area contributed by atoms with Crippen LogP contribution < -0.4 is 5.73 Å². The largest absolute Gasteiger partial charge is 0.416 e. The van der Waals surface area contributed by atoms with Gasteiger partial charge in [0, 0.05) is 11.6 Å². The molecule has 5 heteroatoms. The van der Waals surface area contributed by atoms with Gasteiger partial charge in [-0.2, -0.15) is 13.2 Å². The van der Waals surface area contributed by atoms with Crippen molar-refractivity contribution in [3.8, 4) is 11.1 Å². The van der Waals surface area contributed by atoms with Crippen LogP contribution in [0.2, 0.25) is 5.02 Å². The summed E-state index contributed by atoms with van der Waals surface area (Å²) in [7, 11) is 0. The first-order valence-electron chi connectivity index (χ1n) is 5.58. The standard InChI is InChI=1S/C14H11ClF3N/c15-13-7-10(1-2-11(13)8-19)9-3-5-12(6-4-9)14(16,17)18/h1-7H,8,19H2. The molecule has 0 saturated carbocycles. The molecule has 2 rings (SSSR count). The normalized spacial score (nSPS) is 11.6. The van der Waals surface area contributed by atoms with Gasteiger partial charge in [-0.25, -0.2) is 0 Å². The molecular weight excluding hydrogens is 275 g/mol. The molecule has 1 nitrogen and oxygen atoms in total. The summed E-state index contributed by atoms with van der Waals surface area (Å²) in [6.07, 6.45) is -4.32. The van der Waals surface area contributed by atoms with Crippen molar-refractivity contribution < 1.29 is 13.2 Å². The van der Waals surface area contributed by atoms with Crippen molar-refractivity contribution in [1.82, 2.24) is 0 Å². The van der Waals surface area contributed by atoms with Crippen LogP contribution in [0.5, 0.6) is 0 Å². The van der Waals surface area contributed by atoms with Gasteiger partial charge < -0.3 is 5.73 Å². The lowest BCUT2D eigenvalue weighted by Crippen LogP contribution is -2.04. The number of rotatable bonds is 2. The Morgan fingerprint density at radius 3 is 2.00 bits per heavy atom. The van der Waals surface area contributed by atoms with Crippen LogP contribution in [-0.2, 0) is 12.7 Å². The molecule has 0 amide bonds. The van der Waals surface area contributed by atoms with Crippen molar-refractivity contribution in [1.29, 1.82) is 0 Å².